The van der Waals surface area contributed by atoms with E-state index in [2.05, 4.69) is 39.6 Å². The lowest BCUT2D eigenvalue weighted by atomic mass is 9.96. The van der Waals surface area contributed by atoms with Crippen molar-refractivity contribution in [3.05, 3.63) is 23.4 Å². The average Bonchev–Trinajstić information content (AvgIpc) is 1.98. The van der Waals surface area contributed by atoms with Crippen LogP contribution in [0.3, 0.4) is 0 Å². The fraction of sp³-hybridized carbons (Fsp3) is 0.636. The van der Waals surface area contributed by atoms with E-state index >= 15 is 0 Å². The van der Waals surface area contributed by atoms with Crippen molar-refractivity contribution in [3.8, 4) is 0 Å². The lowest BCUT2D eigenvalue weighted by Crippen LogP contribution is -2.08. The monoisotopic (exact) mass is 167 g/mol. The molecule has 70 valence electrons. The normalized spacial score (nSPS) is 12.8. The Morgan fingerprint density at radius 2 is 1.83 bits per heavy atom. The highest BCUT2D eigenvalue weighted by Gasteiger charge is 2.04. The molecule has 0 rings (SSSR count). The summed E-state index contributed by atoms with van der Waals surface area (Å²) >= 11 is 0. The summed E-state index contributed by atoms with van der Waals surface area (Å²) in [7, 11) is 1.96. The number of rotatable bonds is 4. The van der Waals surface area contributed by atoms with Gasteiger partial charge in [0.2, 0.25) is 0 Å². The Morgan fingerprint density at radius 1 is 1.33 bits per heavy atom. The summed E-state index contributed by atoms with van der Waals surface area (Å²) in [6.07, 6.45) is 1.11. The van der Waals surface area contributed by atoms with E-state index in [1.165, 1.54) is 16.8 Å². The maximum Gasteiger partial charge on any atom is 0.0107 e. The van der Waals surface area contributed by atoms with Crippen LogP contribution in [0.25, 0.3) is 0 Å². The van der Waals surface area contributed by atoms with Crippen molar-refractivity contribution >= 4 is 0 Å². The summed E-state index contributed by atoms with van der Waals surface area (Å²) in [6.45, 7) is 12.6. The third kappa shape index (κ3) is 3.61. The Morgan fingerprint density at radius 3 is 2.08 bits per heavy atom. The second kappa shape index (κ2) is 5.02. The first-order chi connectivity index (χ1) is 5.49. The van der Waals surface area contributed by atoms with Gasteiger partial charge in [-0.05, 0) is 31.8 Å². The molecule has 1 nitrogen and oxygen atoms in total. The first-order valence-corrected chi connectivity index (χ1v) is 4.52. The number of nitrogens with one attached hydrogen (secondary N) is 1. The van der Waals surface area contributed by atoms with Gasteiger partial charge < -0.3 is 5.32 Å². The number of hydrogen-bond donors (Lipinski definition) is 1. The van der Waals surface area contributed by atoms with Gasteiger partial charge in [0, 0.05) is 12.7 Å². The maximum atomic E-state index is 3.98. The molecule has 0 saturated carbocycles. The Balaban J connectivity index is 4.55. The van der Waals surface area contributed by atoms with Crippen LogP contribution in [0.1, 0.15) is 34.1 Å². The maximum absolute atomic E-state index is 3.98. The topological polar surface area (TPSA) is 12.0 Å². The molecule has 0 aliphatic heterocycles. The quantitative estimate of drug-likeness (QED) is 0.634. The Bertz CT molecular complexity index is 187. The molecule has 1 heteroatoms. The predicted molar refractivity (Wildman–Crippen MR) is 56.0 cm³/mol. The summed E-state index contributed by atoms with van der Waals surface area (Å²) < 4.78 is 0. The highest BCUT2D eigenvalue weighted by molar-refractivity contribution is 5.30. The molecule has 1 N–H and O–H groups in total. The van der Waals surface area contributed by atoms with Gasteiger partial charge in [-0.1, -0.05) is 26.0 Å². The van der Waals surface area contributed by atoms with Crippen LogP contribution in [0.4, 0.5) is 0 Å². The zero-order chi connectivity index (χ0) is 9.72. The summed E-state index contributed by atoms with van der Waals surface area (Å²) in [5.41, 5.74) is 3.79. The molecule has 0 saturated heterocycles. The molecule has 0 spiro atoms. The lowest BCUT2D eigenvalue weighted by Gasteiger charge is -2.14. The second-order valence-electron chi connectivity index (χ2n) is 3.73. The van der Waals surface area contributed by atoms with Gasteiger partial charge in [-0.2, -0.15) is 0 Å². The fourth-order valence-electron chi connectivity index (χ4n) is 1.21. The molecule has 12 heavy (non-hydrogen) atoms. The SMILES string of the molecule is C=C(C)/C(CC(C)C)=C(/C)NC. The van der Waals surface area contributed by atoms with Crippen LogP contribution >= 0.6 is 0 Å². The van der Waals surface area contributed by atoms with Gasteiger partial charge in [0.25, 0.3) is 0 Å². The van der Waals surface area contributed by atoms with Crippen molar-refractivity contribution in [1.82, 2.24) is 5.32 Å². The van der Waals surface area contributed by atoms with Crippen LogP contribution in [0.15, 0.2) is 23.4 Å². The molecule has 0 bridgehead atoms. The summed E-state index contributed by atoms with van der Waals surface area (Å²) in [6, 6.07) is 0. The molecular weight excluding hydrogens is 146 g/mol. The first kappa shape index (κ1) is 11.3. The van der Waals surface area contributed by atoms with E-state index < -0.39 is 0 Å². The largest absolute Gasteiger partial charge is 0.391 e. The highest BCUT2D eigenvalue weighted by Crippen LogP contribution is 2.19. The lowest BCUT2D eigenvalue weighted by molar-refractivity contribution is 0.638. The molecule has 0 fully saturated rings. The van der Waals surface area contributed by atoms with Crippen molar-refractivity contribution < 1.29 is 0 Å². The zero-order valence-electron chi connectivity index (χ0n) is 8.99. The van der Waals surface area contributed by atoms with E-state index in [9.17, 15) is 0 Å². The number of allylic oxidation sites excluding steroid dienone is 3. The standard InChI is InChI=1S/C11H21N/c1-8(2)7-11(9(3)4)10(5)12-6/h8,12H,3,7H2,1-2,4-6H3/b11-10-. The molecule has 0 aliphatic carbocycles. The Hall–Kier alpha value is -0.720. The Labute approximate surface area is 76.6 Å². The van der Waals surface area contributed by atoms with Crippen molar-refractivity contribution in [2.75, 3.05) is 7.05 Å². The van der Waals surface area contributed by atoms with E-state index in [0.29, 0.717) is 5.92 Å². The van der Waals surface area contributed by atoms with Crippen molar-refractivity contribution in [2.45, 2.75) is 34.1 Å². The van der Waals surface area contributed by atoms with E-state index in [1.54, 1.807) is 0 Å². The van der Waals surface area contributed by atoms with Crippen molar-refractivity contribution in [1.29, 1.82) is 0 Å². The van der Waals surface area contributed by atoms with Gasteiger partial charge in [0.15, 0.2) is 0 Å². The van der Waals surface area contributed by atoms with E-state index in [1.807, 2.05) is 7.05 Å². The minimum atomic E-state index is 0.694. The van der Waals surface area contributed by atoms with Crippen LogP contribution in [0.2, 0.25) is 0 Å². The van der Waals surface area contributed by atoms with Gasteiger partial charge >= 0.3 is 0 Å². The third-order valence-electron chi connectivity index (χ3n) is 1.96. The summed E-state index contributed by atoms with van der Waals surface area (Å²) in [5, 5.41) is 3.17. The molecule has 0 aliphatic rings. The summed E-state index contributed by atoms with van der Waals surface area (Å²) in [5.74, 6) is 0.694. The van der Waals surface area contributed by atoms with E-state index in [4.69, 9.17) is 0 Å². The molecule has 0 unspecified atom stereocenters. The van der Waals surface area contributed by atoms with Crippen LogP contribution in [0.5, 0.6) is 0 Å². The molecule has 0 aromatic heterocycles. The minimum absolute atomic E-state index is 0.694. The number of hydrogen-bond acceptors (Lipinski definition) is 1. The van der Waals surface area contributed by atoms with Gasteiger partial charge in [0.1, 0.15) is 0 Å². The van der Waals surface area contributed by atoms with Gasteiger partial charge in [-0.15, -0.1) is 0 Å². The van der Waals surface area contributed by atoms with Crippen molar-refractivity contribution in [2.24, 2.45) is 5.92 Å². The van der Waals surface area contributed by atoms with E-state index in [0.717, 1.165) is 6.42 Å². The van der Waals surface area contributed by atoms with Gasteiger partial charge in [-0.25, -0.2) is 0 Å². The molecule has 0 radical (unpaired) electrons. The zero-order valence-corrected chi connectivity index (χ0v) is 8.99. The molecule has 0 aromatic rings. The van der Waals surface area contributed by atoms with Crippen LogP contribution < -0.4 is 5.32 Å². The Kier molecular flexibility index (Phi) is 4.72. The second-order valence-corrected chi connectivity index (χ2v) is 3.73. The van der Waals surface area contributed by atoms with Gasteiger partial charge in [-0.3, -0.25) is 0 Å². The van der Waals surface area contributed by atoms with Crippen molar-refractivity contribution in [3.63, 3.8) is 0 Å². The fourth-order valence-corrected chi connectivity index (χ4v) is 1.21. The van der Waals surface area contributed by atoms with Gasteiger partial charge in [0.05, 0.1) is 0 Å². The first-order valence-electron chi connectivity index (χ1n) is 4.52. The molecule has 0 amide bonds. The van der Waals surface area contributed by atoms with Crippen LogP contribution in [0, 0.1) is 5.92 Å². The van der Waals surface area contributed by atoms with E-state index in [-0.39, 0.29) is 0 Å². The highest BCUT2D eigenvalue weighted by atomic mass is 14.8. The smallest absolute Gasteiger partial charge is 0.0107 e. The molecular formula is C11H21N. The minimum Gasteiger partial charge on any atom is -0.391 e. The molecule has 0 atom stereocenters. The molecule has 0 heterocycles. The van der Waals surface area contributed by atoms with Crippen LogP contribution in [-0.4, -0.2) is 7.05 Å². The third-order valence-corrected chi connectivity index (χ3v) is 1.96. The molecule has 0 aromatic carbocycles. The summed E-state index contributed by atoms with van der Waals surface area (Å²) in [4.78, 5) is 0. The predicted octanol–water partition coefficient (Wildman–Crippen LogP) is 3.10. The average molecular weight is 167 g/mol. The van der Waals surface area contributed by atoms with Crippen LogP contribution in [-0.2, 0) is 0 Å².